The lowest BCUT2D eigenvalue weighted by molar-refractivity contribution is 0.0899. The van der Waals surface area contributed by atoms with Crippen LogP contribution < -0.4 is 11.1 Å². The van der Waals surface area contributed by atoms with Crippen molar-refractivity contribution in [3.05, 3.63) is 18.0 Å². The van der Waals surface area contributed by atoms with Gasteiger partial charge in [0.1, 0.15) is 5.69 Å². The highest BCUT2D eigenvalue weighted by Gasteiger charge is 2.24. The number of hydrogen-bond acceptors (Lipinski definition) is 2. The van der Waals surface area contributed by atoms with Crippen molar-refractivity contribution < 1.29 is 4.79 Å². The van der Waals surface area contributed by atoms with E-state index in [9.17, 15) is 4.79 Å². The fourth-order valence-electron chi connectivity index (χ4n) is 1.60. The molecule has 4 heteroatoms. The predicted molar refractivity (Wildman–Crippen MR) is 75.6 cm³/mol. The molecular formula is C14H25N3O. The van der Waals surface area contributed by atoms with E-state index < -0.39 is 0 Å². The zero-order valence-electron chi connectivity index (χ0n) is 12.2. The topological polar surface area (TPSA) is 60.0 Å². The normalized spacial score (nSPS) is 13.7. The first-order valence-corrected chi connectivity index (χ1v) is 6.41. The van der Waals surface area contributed by atoms with Gasteiger partial charge in [-0.3, -0.25) is 4.79 Å². The molecular weight excluding hydrogens is 226 g/mol. The van der Waals surface area contributed by atoms with Gasteiger partial charge in [0, 0.05) is 18.3 Å². The van der Waals surface area contributed by atoms with Crippen LogP contribution in [0.15, 0.2) is 12.3 Å². The Bertz CT molecular complexity index is 427. The Balaban J connectivity index is 2.91. The van der Waals surface area contributed by atoms with Crippen LogP contribution in [0.2, 0.25) is 0 Å². The van der Waals surface area contributed by atoms with Gasteiger partial charge in [-0.15, -0.1) is 0 Å². The molecule has 1 unspecified atom stereocenters. The van der Waals surface area contributed by atoms with Crippen LogP contribution in [-0.4, -0.2) is 16.5 Å². The van der Waals surface area contributed by atoms with Crippen LogP contribution in [-0.2, 0) is 0 Å². The van der Waals surface area contributed by atoms with Gasteiger partial charge in [-0.1, -0.05) is 20.8 Å². The number of amides is 1. The molecule has 1 rings (SSSR count). The maximum Gasteiger partial charge on any atom is 0.268 e. The summed E-state index contributed by atoms with van der Waals surface area (Å²) in [7, 11) is 0. The minimum absolute atomic E-state index is 0.0382. The molecule has 0 spiro atoms. The summed E-state index contributed by atoms with van der Waals surface area (Å²) in [5.41, 5.74) is 7.06. The van der Waals surface area contributed by atoms with E-state index >= 15 is 0 Å². The number of hydrogen-bond donors (Lipinski definition) is 2. The number of nitrogens with two attached hydrogens (primary N) is 1. The Morgan fingerprint density at radius 2 is 1.89 bits per heavy atom. The summed E-state index contributed by atoms with van der Waals surface area (Å²) < 4.78 is 1.90. The van der Waals surface area contributed by atoms with Gasteiger partial charge in [0.25, 0.3) is 5.91 Å². The van der Waals surface area contributed by atoms with Gasteiger partial charge < -0.3 is 15.6 Å². The lowest BCUT2D eigenvalue weighted by Gasteiger charge is -2.28. The molecule has 0 radical (unpaired) electrons. The van der Waals surface area contributed by atoms with Gasteiger partial charge in [-0.25, -0.2) is 0 Å². The average Bonchev–Trinajstić information content (AvgIpc) is 2.58. The first kappa shape index (κ1) is 14.6. The van der Waals surface area contributed by atoms with Crippen molar-refractivity contribution in [3.8, 4) is 0 Å². The Morgan fingerprint density at radius 1 is 1.33 bits per heavy atom. The van der Waals surface area contributed by atoms with E-state index in [2.05, 4.69) is 26.1 Å². The first-order valence-electron chi connectivity index (χ1n) is 6.41. The highest BCUT2D eigenvalue weighted by atomic mass is 16.2. The number of carbonyl (C=O) groups is 1. The fourth-order valence-corrected chi connectivity index (χ4v) is 1.60. The lowest BCUT2D eigenvalue weighted by Crippen LogP contribution is -2.42. The van der Waals surface area contributed by atoms with Crippen LogP contribution in [0.3, 0.4) is 0 Å². The summed E-state index contributed by atoms with van der Waals surface area (Å²) in [6, 6.07) is 2.04. The summed E-state index contributed by atoms with van der Waals surface area (Å²) >= 11 is 0. The maximum absolute atomic E-state index is 12.3. The Hall–Kier alpha value is -1.45. The first-order chi connectivity index (χ1) is 8.12. The van der Waals surface area contributed by atoms with Crippen molar-refractivity contribution >= 4 is 11.6 Å². The third-order valence-electron chi connectivity index (χ3n) is 3.31. The largest absolute Gasteiger partial charge is 0.397 e. The minimum atomic E-state index is -0.0668. The van der Waals surface area contributed by atoms with Gasteiger partial charge in [0.2, 0.25) is 0 Å². The lowest BCUT2D eigenvalue weighted by atomic mass is 9.88. The second-order valence-electron chi connectivity index (χ2n) is 6.22. The molecule has 102 valence electrons. The summed E-state index contributed by atoms with van der Waals surface area (Å²) in [4.78, 5) is 12.3. The second kappa shape index (κ2) is 5.04. The van der Waals surface area contributed by atoms with Crippen molar-refractivity contribution in [2.24, 2.45) is 5.41 Å². The van der Waals surface area contributed by atoms with E-state index in [1.807, 2.05) is 25.3 Å². The van der Waals surface area contributed by atoms with Crippen molar-refractivity contribution in [1.29, 1.82) is 0 Å². The minimum Gasteiger partial charge on any atom is -0.397 e. The van der Waals surface area contributed by atoms with Crippen molar-refractivity contribution in [2.75, 3.05) is 5.73 Å². The zero-order valence-corrected chi connectivity index (χ0v) is 12.2. The van der Waals surface area contributed by atoms with Gasteiger partial charge >= 0.3 is 0 Å². The molecule has 0 aliphatic rings. The molecule has 1 aromatic rings. The number of anilines is 1. The third-order valence-corrected chi connectivity index (χ3v) is 3.31. The van der Waals surface area contributed by atoms with E-state index in [1.165, 1.54) is 0 Å². The van der Waals surface area contributed by atoms with Crippen molar-refractivity contribution in [3.63, 3.8) is 0 Å². The van der Waals surface area contributed by atoms with E-state index in [-0.39, 0.29) is 23.4 Å². The van der Waals surface area contributed by atoms with E-state index in [0.717, 1.165) is 0 Å². The molecule has 4 nitrogen and oxygen atoms in total. The molecule has 3 N–H and O–H groups in total. The molecule has 1 amide bonds. The molecule has 0 fully saturated rings. The summed E-state index contributed by atoms with van der Waals surface area (Å²) in [6.07, 6.45) is 1.81. The molecule has 18 heavy (non-hydrogen) atoms. The number of aromatic nitrogens is 1. The van der Waals surface area contributed by atoms with Crippen LogP contribution in [0.1, 0.15) is 58.1 Å². The summed E-state index contributed by atoms with van der Waals surface area (Å²) in [5.74, 6) is -0.0668. The highest BCUT2D eigenvalue weighted by Crippen LogP contribution is 2.20. The van der Waals surface area contributed by atoms with Crippen LogP contribution in [0.5, 0.6) is 0 Å². The Kier molecular flexibility index (Phi) is 4.09. The number of carbonyl (C=O) groups excluding carboxylic acids is 1. The van der Waals surface area contributed by atoms with Crippen LogP contribution in [0.4, 0.5) is 5.69 Å². The van der Waals surface area contributed by atoms with Gasteiger partial charge in [0.15, 0.2) is 0 Å². The van der Waals surface area contributed by atoms with Gasteiger partial charge in [0.05, 0.1) is 5.69 Å². The Morgan fingerprint density at radius 3 is 2.33 bits per heavy atom. The van der Waals surface area contributed by atoms with Crippen molar-refractivity contribution in [1.82, 2.24) is 9.88 Å². The monoisotopic (exact) mass is 251 g/mol. The maximum atomic E-state index is 12.3. The molecule has 0 aromatic carbocycles. The standard InChI is InChI=1S/C14H25N3O/c1-9(2)17-8-11(15)7-12(17)13(18)16-10(3)14(4,5)6/h7-10H,15H2,1-6H3,(H,16,18). The molecule has 0 bridgehead atoms. The number of nitrogen functional groups attached to an aromatic ring is 1. The SMILES string of the molecule is CC(C)n1cc(N)cc1C(=O)NC(C)C(C)(C)C. The molecule has 0 saturated carbocycles. The van der Waals surface area contributed by atoms with Gasteiger partial charge in [-0.2, -0.15) is 0 Å². The molecule has 0 saturated heterocycles. The quantitative estimate of drug-likeness (QED) is 0.867. The Labute approximate surface area is 110 Å². The molecule has 1 atom stereocenters. The highest BCUT2D eigenvalue weighted by molar-refractivity contribution is 5.94. The van der Waals surface area contributed by atoms with Gasteiger partial charge in [-0.05, 0) is 32.3 Å². The van der Waals surface area contributed by atoms with Crippen LogP contribution >= 0.6 is 0 Å². The van der Waals surface area contributed by atoms with Crippen LogP contribution in [0.25, 0.3) is 0 Å². The third kappa shape index (κ3) is 3.28. The fraction of sp³-hybridized carbons (Fsp3) is 0.643. The number of nitrogens with one attached hydrogen (secondary N) is 1. The molecule has 0 aliphatic carbocycles. The average molecular weight is 251 g/mol. The zero-order chi connectivity index (χ0) is 14.1. The summed E-state index contributed by atoms with van der Waals surface area (Å²) in [6.45, 7) is 12.4. The predicted octanol–water partition coefficient (Wildman–Crippen LogP) is 2.82. The number of rotatable bonds is 3. The smallest absolute Gasteiger partial charge is 0.268 e. The molecule has 0 aliphatic heterocycles. The van der Waals surface area contributed by atoms with E-state index in [1.54, 1.807) is 12.3 Å². The van der Waals surface area contributed by atoms with Crippen LogP contribution in [0, 0.1) is 5.41 Å². The number of nitrogens with zero attached hydrogens (tertiary/aromatic N) is 1. The molecule has 1 aromatic heterocycles. The van der Waals surface area contributed by atoms with E-state index in [0.29, 0.717) is 11.4 Å². The summed E-state index contributed by atoms with van der Waals surface area (Å²) in [5, 5.41) is 3.03. The van der Waals surface area contributed by atoms with E-state index in [4.69, 9.17) is 5.73 Å². The molecule has 1 heterocycles. The van der Waals surface area contributed by atoms with Crippen molar-refractivity contribution in [2.45, 2.75) is 53.6 Å². The second-order valence-corrected chi connectivity index (χ2v) is 6.22.